The third-order valence-corrected chi connectivity index (χ3v) is 9.59. The van der Waals surface area contributed by atoms with Gasteiger partial charge in [0.25, 0.3) is 0 Å². The Morgan fingerprint density at radius 2 is 0.800 bits per heavy atom. The van der Waals surface area contributed by atoms with Gasteiger partial charge in [-0.05, 0) is 88.0 Å². The van der Waals surface area contributed by atoms with Crippen molar-refractivity contribution < 1.29 is 0 Å². The highest BCUT2D eigenvalue weighted by atomic mass is 15.1. The first kappa shape index (κ1) is 29.5. The van der Waals surface area contributed by atoms with E-state index in [1.807, 2.05) is 0 Å². The summed E-state index contributed by atoms with van der Waals surface area (Å²) in [4.78, 5) is 2.42. The number of hydrogen-bond donors (Lipinski definition) is 0. The molecular weight excluding hydrogens is 605 g/mol. The van der Waals surface area contributed by atoms with Crippen molar-refractivity contribution in [2.24, 2.45) is 0 Å². The Morgan fingerprint density at radius 3 is 1.46 bits per heavy atom. The minimum Gasteiger partial charge on any atom is -0.310 e. The Kier molecular flexibility index (Phi) is 7.53. The van der Waals surface area contributed by atoms with Crippen LogP contribution in [0.4, 0.5) is 17.1 Å². The number of nitrogens with zero attached hydrogens (tertiary/aromatic N) is 2. The quantitative estimate of drug-likeness (QED) is 0.169. The van der Waals surface area contributed by atoms with Crippen LogP contribution in [-0.2, 0) is 0 Å². The highest BCUT2D eigenvalue weighted by Crippen LogP contribution is 2.44. The fraction of sp³-hybridized carbons (Fsp3) is 0. The molecule has 0 radical (unpaired) electrons. The van der Waals surface area contributed by atoms with E-state index in [1.54, 1.807) is 0 Å². The van der Waals surface area contributed by atoms with E-state index >= 15 is 0 Å². The summed E-state index contributed by atoms with van der Waals surface area (Å²) in [6.07, 6.45) is 0. The third-order valence-electron chi connectivity index (χ3n) is 9.59. The zero-order valence-corrected chi connectivity index (χ0v) is 27.5. The summed E-state index contributed by atoms with van der Waals surface area (Å²) < 4.78 is 2.38. The Morgan fingerprint density at radius 1 is 0.320 bits per heavy atom. The minimum absolute atomic E-state index is 1.10. The molecule has 0 saturated carbocycles. The zero-order chi connectivity index (χ0) is 33.3. The predicted octanol–water partition coefficient (Wildman–Crippen LogP) is 13.3. The van der Waals surface area contributed by atoms with E-state index in [2.05, 4.69) is 216 Å². The maximum absolute atomic E-state index is 2.42. The normalized spacial score (nSPS) is 11.2. The second kappa shape index (κ2) is 12.8. The van der Waals surface area contributed by atoms with Gasteiger partial charge in [0, 0.05) is 27.8 Å². The van der Waals surface area contributed by atoms with Crippen LogP contribution in [0.15, 0.2) is 206 Å². The summed E-state index contributed by atoms with van der Waals surface area (Å²) in [5.74, 6) is 0. The second-order valence-electron chi connectivity index (χ2n) is 12.6. The van der Waals surface area contributed by atoms with Gasteiger partial charge in [-0.2, -0.15) is 0 Å². The highest BCUT2D eigenvalue weighted by Gasteiger charge is 2.21. The van der Waals surface area contributed by atoms with Gasteiger partial charge in [0.1, 0.15) is 0 Å². The van der Waals surface area contributed by atoms with E-state index in [-0.39, 0.29) is 0 Å². The van der Waals surface area contributed by atoms with Gasteiger partial charge in [0.15, 0.2) is 0 Å². The molecule has 0 atom stereocenters. The number of benzene rings is 8. The summed E-state index contributed by atoms with van der Waals surface area (Å²) in [6.45, 7) is 0. The number of aromatic nitrogens is 1. The first-order valence-electron chi connectivity index (χ1n) is 17.1. The maximum Gasteiger partial charge on any atom is 0.0562 e. The second-order valence-corrected chi connectivity index (χ2v) is 12.6. The van der Waals surface area contributed by atoms with Gasteiger partial charge in [-0.1, -0.05) is 152 Å². The smallest absolute Gasteiger partial charge is 0.0562 e. The van der Waals surface area contributed by atoms with Crippen molar-refractivity contribution in [1.29, 1.82) is 0 Å². The lowest BCUT2D eigenvalue weighted by molar-refractivity contribution is 1.18. The van der Waals surface area contributed by atoms with Crippen LogP contribution in [0.3, 0.4) is 0 Å². The van der Waals surface area contributed by atoms with Crippen molar-refractivity contribution in [2.45, 2.75) is 0 Å². The van der Waals surface area contributed by atoms with Gasteiger partial charge in [-0.25, -0.2) is 0 Å². The van der Waals surface area contributed by atoms with Crippen LogP contribution >= 0.6 is 0 Å². The molecule has 0 saturated heterocycles. The molecule has 9 aromatic rings. The number of para-hydroxylation sites is 2. The first-order valence-corrected chi connectivity index (χ1v) is 17.1. The van der Waals surface area contributed by atoms with Crippen LogP contribution in [-0.4, -0.2) is 4.57 Å². The van der Waals surface area contributed by atoms with Crippen LogP contribution in [0.2, 0.25) is 0 Å². The van der Waals surface area contributed by atoms with Crippen LogP contribution in [0, 0.1) is 0 Å². The molecule has 0 aliphatic rings. The zero-order valence-electron chi connectivity index (χ0n) is 27.5. The molecule has 0 amide bonds. The topological polar surface area (TPSA) is 8.17 Å². The van der Waals surface area contributed by atoms with Crippen LogP contribution < -0.4 is 4.90 Å². The Bertz CT molecular complexity index is 2550. The number of rotatable bonds is 7. The number of hydrogen-bond acceptors (Lipinski definition) is 1. The van der Waals surface area contributed by atoms with Gasteiger partial charge in [-0.3, -0.25) is 0 Å². The molecule has 0 spiro atoms. The molecule has 0 unspecified atom stereocenters. The third kappa shape index (κ3) is 5.34. The first-order chi connectivity index (χ1) is 24.8. The molecule has 9 rings (SSSR count). The maximum atomic E-state index is 2.42. The van der Waals surface area contributed by atoms with Crippen LogP contribution in [0.1, 0.15) is 0 Å². The average molecular weight is 639 g/mol. The van der Waals surface area contributed by atoms with E-state index in [0.29, 0.717) is 0 Å². The van der Waals surface area contributed by atoms with Crippen LogP contribution in [0.25, 0.3) is 60.9 Å². The fourth-order valence-corrected chi connectivity index (χ4v) is 7.21. The van der Waals surface area contributed by atoms with Crippen molar-refractivity contribution in [3.63, 3.8) is 0 Å². The molecule has 0 aliphatic carbocycles. The molecule has 0 bridgehead atoms. The molecule has 0 aliphatic heterocycles. The standard InChI is InChI=1S/C48H34N2/c1-4-14-35(15-5-1)37-26-28-39(29-27-37)40-18-12-21-43(34-40)49(42-32-30-38(31-33-42)36-16-6-2-7-17-36)46-24-13-25-47-48(46)44-22-10-11-23-45(44)50(47)41-19-8-3-9-20-41/h1-34H. The summed E-state index contributed by atoms with van der Waals surface area (Å²) in [5.41, 5.74) is 14.1. The predicted molar refractivity (Wildman–Crippen MR) is 212 cm³/mol. The van der Waals surface area contributed by atoms with E-state index in [9.17, 15) is 0 Å². The molecular formula is C48H34N2. The van der Waals surface area contributed by atoms with Crippen molar-refractivity contribution in [2.75, 3.05) is 4.90 Å². The summed E-state index contributed by atoms with van der Waals surface area (Å²) in [6, 6.07) is 74.0. The minimum atomic E-state index is 1.10. The molecule has 1 heterocycles. The molecule has 0 fully saturated rings. The highest BCUT2D eigenvalue weighted by molar-refractivity contribution is 6.16. The van der Waals surface area contributed by atoms with Crippen molar-refractivity contribution in [1.82, 2.24) is 4.57 Å². The van der Waals surface area contributed by atoms with Crippen LogP contribution in [0.5, 0.6) is 0 Å². The summed E-state index contributed by atoms with van der Waals surface area (Å²) >= 11 is 0. The summed E-state index contributed by atoms with van der Waals surface area (Å²) in [5, 5.41) is 2.44. The van der Waals surface area contributed by atoms with E-state index < -0.39 is 0 Å². The molecule has 0 N–H and O–H groups in total. The van der Waals surface area contributed by atoms with Gasteiger partial charge < -0.3 is 9.47 Å². The van der Waals surface area contributed by atoms with Crippen molar-refractivity contribution >= 4 is 38.9 Å². The van der Waals surface area contributed by atoms with E-state index in [0.717, 1.165) is 22.7 Å². The Labute approximate surface area is 292 Å². The fourth-order valence-electron chi connectivity index (χ4n) is 7.21. The molecule has 236 valence electrons. The lowest BCUT2D eigenvalue weighted by Gasteiger charge is -2.27. The molecule has 1 aromatic heterocycles. The molecule has 2 heteroatoms. The lowest BCUT2D eigenvalue weighted by Crippen LogP contribution is -2.10. The molecule has 8 aromatic carbocycles. The van der Waals surface area contributed by atoms with E-state index in [4.69, 9.17) is 0 Å². The van der Waals surface area contributed by atoms with Crippen molar-refractivity contribution in [3.05, 3.63) is 206 Å². The van der Waals surface area contributed by atoms with Gasteiger partial charge in [-0.15, -0.1) is 0 Å². The van der Waals surface area contributed by atoms with E-state index in [1.165, 1.54) is 55.2 Å². The van der Waals surface area contributed by atoms with Gasteiger partial charge in [0.2, 0.25) is 0 Å². The Balaban J connectivity index is 1.23. The lowest BCUT2D eigenvalue weighted by atomic mass is 9.99. The van der Waals surface area contributed by atoms with Gasteiger partial charge >= 0.3 is 0 Å². The largest absolute Gasteiger partial charge is 0.310 e. The number of fused-ring (bicyclic) bond motifs is 3. The monoisotopic (exact) mass is 638 g/mol. The van der Waals surface area contributed by atoms with Crippen molar-refractivity contribution in [3.8, 4) is 39.1 Å². The SMILES string of the molecule is c1ccc(-c2ccc(-c3cccc(N(c4ccc(-c5ccccc5)cc4)c4cccc5c4c4ccccc4n5-c4ccccc4)c3)cc2)cc1. The van der Waals surface area contributed by atoms with Gasteiger partial charge in [0.05, 0.1) is 16.7 Å². The summed E-state index contributed by atoms with van der Waals surface area (Å²) in [7, 11) is 0. The molecule has 50 heavy (non-hydrogen) atoms. The number of anilines is 3. The molecule has 2 nitrogen and oxygen atoms in total. The Hall–Kier alpha value is -6.64. The average Bonchev–Trinajstić information content (AvgIpc) is 3.55.